The molecule has 1 heterocycles. The SMILES string of the molecule is Nc1cccc(C(=O)COC(=O)c2ccc3c(c2)C(=O)N(c2cccc4ccccc24)C3=O)c1. The second-order valence-corrected chi connectivity index (χ2v) is 7.83. The fraction of sp³-hybridized carbons (Fsp3) is 0.0370. The maximum absolute atomic E-state index is 13.2. The van der Waals surface area contributed by atoms with E-state index in [1.807, 2.05) is 30.3 Å². The molecule has 0 fully saturated rings. The van der Waals surface area contributed by atoms with Gasteiger partial charge in [-0.3, -0.25) is 14.4 Å². The number of carbonyl (C=O) groups excluding carboxylic acids is 4. The molecule has 4 aromatic rings. The summed E-state index contributed by atoms with van der Waals surface area (Å²) in [5.41, 5.74) is 7.28. The number of ketones is 1. The quantitative estimate of drug-likeness (QED) is 0.211. The summed E-state index contributed by atoms with van der Waals surface area (Å²) < 4.78 is 5.14. The molecule has 4 aromatic carbocycles. The highest BCUT2D eigenvalue weighted by atomic mass is 16.5. The average molecular weight is 450 g/mol. The van der Waals surface area contributed by atoms with E-state index < -0.39 is 30.2 Å². The van der Waals surface area contributed by atoms with Crippen LogP contribution in [-0.4, -0.2) is 30.2 Å². The van der Waals surface area contributed by atoms with Crippen LogP contribution in [0.3, 0.4) is 0 Å². The van der Waals surface area contributed by atoms with Crippen molar-refractivity contribution in [3.63, 3.8) is 0 Å². The minimum Gasteiger partial charge on any atom is -0.454 e. The number of hydrogen-bond donors (Lipinski definition) is 1. The number of nitrogens with zero attached hydrogens (tertiary/aromatic N) is 1. The third kappa shape index (κ3) is 3.59. The summed E-state index contributed by atoms with van der Waals surface area (Å²) in [5, 5.41) is 1.66. The van der Waals surface area contributed by atoms with E-state index in [0.29, 0.717) is 16.9 Å². The number of carbonyl (C=O) groups is 4. The van der Waals surface area contributed by atoms with E-state index in [1.165, 1.54) is 24.3 Å². The van der Waals surface area contributed by atoms with Crippen LogP contribution in [-0.2, 0) is 4.74 Å². The minimum absolute atomic E-state index is 0.0695. The summed E-state index contributed by atoms with van der Waals surface area (Å²) in [6.07, 6.45) is 0. The largest absolute Gasteiger partial charge is 0.454 e. The Labute approximate surface area is 194 Å². The highest BCUT2D eigenvalue weighted by molar-refractivity contribution is 6.36. The van der Waals surface area contributed by atoms with E-state index in [2.05, 4.69) is 0 Å². The van der Waals surface area contributed by atoms with Crippen LogP contribution in [0.25, 0.3) is 10.8 Å². The number of anilines is 2. The van der Waals surface area contributed by atoms with Gasteiger partial charge in [0.15, 0.2) is 12.4 Å². The second kappa shape index (κ2) is 8.29. The number of nitrogens with two attached hydrogens (primary N) is 1. The van der Waals surface area contributed by atoms with Crippen LogP contribution in [0.4, 0.5) is 11.4 Å². The van der Waals surface area contributed by atoms with Crippen molar-refractivity contribution in [1.82, 2.24) is 0 Å². The lowest BCUT2D eigenvalue weighted by Crippen LogP contribution is -2.29. The number of fused-ring (bicyclic) bond motifs is 2. The van der Waals surface area contributed by atoms with Crippen molar-refractivity contribution in [3.05, 3.63) is 107 Å². The van der Waals surface area contributed by atoms with Gasteiger partial charge < -0.3 is 10.5 Å². The van der Waals surface area contributed by atoms with Crippen molar-refractivity contribution in [1.29, 1.82) is 0 Å². The second-order valence-electron chi connectivity index (χ2n) is 7.83. The summed E-state index contributed by atoms with van der Waals surface area (Å²) in [7, 11) is 0. The van der Waals surface area contributed by atoms with Gasteiger partial charge in [-0.05, 0) is 41.8 Å². The van der Waals surface area contributed by atoms with Gasteiger partial charge in [0.1, 0.15) is 0 Å². The fourth-order valence-electron chi connectivity index (χ4n) is 4.00. The normalized spacial score (nSPS) is 12.6. The Morgan fingerprint density at radius 3 is 2.32 bits per heavy atom. The van der Waals surface area contributed by atoms with Gasteiger partial charge in [-0.1, -0.05) is 48.5 Å². The number of esters is 1. The fourth-order valence-corrected chi connectivity index (χ4v) is 4.00. The molecule has 7 nitrogen and oxygen atoms in total. The Hall–Kier alpha value is -4.78. The van der Waals surface area contributed by atoms with Gasteiger partial charge in [0, 0.05) is 16.6 Å². The lowest BCUT2D eigenvalue weighted by atomic mass is 10.1. The molecular weight excluding hydrogens is 432 g/mol. The van der Waals surface area contributed by atoms with Gasteiger partial charge >= 0.3 is 5.97 Å². The molecule has 7 heteroatoms. The van der Waals surface area contributed by atoms with Crippen molar-refractivity contribution in [2.24, 2.45) is 0 Å². The van der Waals surface area contributed by atoms with Crippen LogP contribution in [0.2, 0.25) is 0 Å². The molecule has 34 heavy (non-hydrogen) atoms. The number of imide groups is 1. The highest BCUT2D eigenvalue weighted by Gasteiger charge is 2.38. The average Bonchev–Trinajstić information content (AvgIpc) is 3.11. The molecular formula is C27H18N2O5. The predicted molar refractivity (Wildman–Crippen MR) is 127 cm³/mol. The number of hydrogen-bond acceptors (Lipinski definition) is 6. The first-order valence-electron chi connectivity index (χ1n) is 10.5. The van der Waals surface area contributed by atoms with Gasteiger partial charge in [0.05, 0.1) is 22.4 Å². The summed E-state index contributed by atoms with van der Waals surface area (Å²) in [6.45, 7) is -0.478. The van der Waals surface area contributed by atoms with E-state index >= 15 is 0 Å². The summed E-state index contributed by atoms with van der Waals surface area (Å²) in [5.74, 6) is -2.17. The molecule has 0 aromatic heterocycles. The van der Waals surface area contributed by atoms with Crippen molar-refractivity contribution in [2.45, 2.75) is 0 Å². The van der Waals surface area contributed by atoms with Crippen molar-refractivity contribution < 1.29 is 23.9 Å². The highest BCUT2D eigenvalue weighted by Crippen LogP contribution is 2.34. The Balaban J connectivity index is 1.38. The molecule has 1 aliphatic heterocycles. The van der Waals surface area contributed by atoms with Crippen LogP contribution in [0, 0.1) is 0 Å². The van der Waals surface area contributed by atoms with E-state index in [-0.39, 0.29) is 16.7 Å². The molecule has 0 radical (unpaired) electrons. The molecule has 0 atom stereocenters. The molecule has 1 aliphatic rings. The monoisotopic (exact) mass is 450 g/mol. The molecule has 2 N–H and O–H groups in total. The first-order chi connectivity index (χ1) is 16.4. The Kier molecular flexibility index (Phi) is 5.14. The predicted octanol–water partition coefficient (Wildman–Crippen LogP) is 4.26. The Morgan fingerprint density at radius 1 is 0.765 bits per heavy atom. The molecule has 2 amide bonds. The summed E-state index contributed by atoms with van der Waals surface area (Å²) >= 11 is 0. The van der Waals surface area contributed by atoms with Crippen LogP contribution in [0.1, 0.15) is 41.4 Å². The van der Waals surface area contributed by atoms with Crippen molar-refractivity contribution in [2.75, 3.05) is 17.2 Å². The molecule has 0 aliphatic carbocycles. The van der Waals surface area contributed by atoms with Gasteiger partial charge in [-0.2, -0.15) is 0 Å². The number of amides is 2. The number of ether oxygens (including phenoxy) is 1. The van der Waals surface area contributed by atoms with Gasteiger partial charge in [0.25, 0.3) is 11.8 Å². The smallest absolute Gasteiger partial charge is 0.338 e. The molecule has 0 saturated carbocycles. The molecule has 0 spiro atoms. The Bertz CT molecular complexity index is 1500. The number of Topliss-reactive ketones (excluding diaryl/α,β-unsaturated/α-hetero) is 1. The van der Waals surface area contributed by atoms with Crippen molar-refractivity contribution >= 4 is 45.7 Å². The minimum atomic E-state index is -0.774. The van der Waals surface area contributed by atoms with Crippen molar-refractivity contribution in [3.8, 4) is 0 Å². The topological polar surface area (TPSA) is 107 Å². The number of nitrogen functional groups attached to an aromatic ring is 1. The zero-order valence-electron chi connectivity index (χ0n) is 17.9. The van der Waals surface area contributed by atoms with E-state index in [1.54, 1.807) is 30.3 Å². The van der Waals surface area contributed by atoms with Gasteiger partial charge in [0.2, 0.25) is 0 Å². The van der Waals surface area contributed by atoms with Gasteiger partial charge in [-0.15, -0.1) is 0 Å². The zero-order chi connectivity index (χ0) is 23.8. The first kappa shape index (κ1) is 21.1. The zero-order valence-corrected chi connectivity index (χ0v) is 17.9. The first-order valence-corrected chi connectivity index (χ1v) is 10.5. The van der Waals surface area contributed by atoms with Gasteiger partial charge in [-0.25, -0.2) is 9.69 Å². The molecule has 5 rings (SSSR count). The third-order valence-corrected chi connectivity index (χ3v) is 5.67. The maximum Gasteiger partial charge on any atom is 0.338 e. The van der Waals surface area contributed by atoms with E-state index in [9.17, 15) is 19.2 Å². The standard InChI is InChI=1S/C27H18N2O5/c28-19-8-3-7-17(13-19)24(30)15-34-27(33)18-11-12-21-22(14-18)26(32)29(25(21)31)23-10-4-6-16-5-1-2-9-20(16)23/h1-14H,15,28H2. The molecule has 166 valence electrons. The molecule has 0 saturated heterocycles. The number of rotatable bonds is 5. The van der Waals surface area contributed by atoms with Crippen LogP contribution in [0.5, 0.6) is 0 Å². The third-order valence-electron chi connectivity index (χ3n) is 5.67. The maximum atomic E-state index is 13.2. The number of benzene rings is 4. The van der Waals surface area contributed by atoms with E-state index in [0.717, 1.165) is 15.7 Å². The van der Waals surface area contributed by atoms with E-state index in [4.69, 9.17) is 10.5 Å². The summed E-state index contributed by atoms with van der Waals surface area (Å²) in [4.78, 5) is 52.2. The summed E-state index contributed by atoms with van der Waals surface area (Å²) in [6, 6.07) is 23.4. The van der Waals surface area contributed by atoms with Crippen LogP contribution in [0.15, 0.2) is 84.9 Å². The van der Waals surface area contributed by atoms with Crippen LogP contribution < -0.4 is 10.6 Å². The Morgan fingerprint density at radius 2 is 1.50 bits per heavy atom. The molecule has 0 bridgehead atoms. The van der Waals surface area contributed by atoms with Crippen LogP contribution >= 0.6 is 0 Å². The lowest BCUT2D eigenvalue weighted by Gasteiger charge is -2.16. The lowest BCUT2D eigenvalue weighted by molar-refractivity contribution is 0.0474. The molecule has 0 unspecified atom stereocenters.